The lowest BCUT2D eigenvalue weighted by atomic mass is 10.1. The zero-order valence-electron chi connectivity index (χ0n) is 9.13. The monoisotopic (exact) mass is 216 g/mol. The highest BCUT2D eigenvalue weighted by atomic mass is 16.3. The molecule has 2 heteroatoms. The Hall–Kier alpha value is -1.56. The van der Waals surface area contributed by atoms with Crippen LogP contribution in [0.5, 0.6) is 0 Å². The molecule has 0 heterocycles. The minimum Gasteiger partial charge on any atom is -0.389 e. The van der Waals surface area contributed by atoms with E-state index in [1.807, 2.05) is 30.3 Å². The smallest absolute Gasteiger partial charge is 0.140 e. The molecule has 1 aromatic rings. The van der Waals surface area contributed by atoms with Gasteiger partial charge in [0.25, 0.3) is 0 Å². The molecular weight excluding hydrogens is 200 g/mol. The highest BCUT2D eigenvalue weighted by Crippen LogP contribution is 2.03. The summed E-state index contributed by atoms with van der Waals surface area (Å²) < 4.78 is 0. The van der Waals surface area contributed by atoms with Crippen molar-refractivity contribution in [1.29, 1.82) is 0 Å². The third kappa shape index (κ3) is 4.31. The molecule has 0 aliphatic carbocycles. The highest BCUT2D eigenvalue weighted by Gasteiger charge is 2.11. The Morgan fingerprint density at radius 3 is 2.56 bits per heavy atom. The van der Waals surface area contributed by atoms with Crippen LogP contribution in [0, 0.1) is 11.8 Å². The van der Waals surface area contributed by atoms with Crippen molar-refractivity contribution < 1.29 is 10.2 Å². The molecule has 0 aliphatic rings. The summed E-state index contributed by atoms with van der Waals surface area (Å²) in [6, 6.07) is 9.38. The molecule has 0 spiro atoms. The van der Waals surface area contributed by atoms with Crippen molar-refractivity contribution in [1.82, 2.24) is 0 Å². The molecule has 0 amide bonds. The van der Waals surface area contributed by atoms with Gasteiger partial charge in [0.1, 0.15) is 6.10 Å². The lowest BCUT2D eigenvalue weighted by Gasteiger charge is -2.10. The summed E-state index contributed by atoms with van der Waals surface area (Å²) in [4.78, 5) is 0. The number of hydrogen-bond donors (Lipinski definition) is 2. The van der Waals surface area contributed by atoms with Gasteiger partial charge in [-0.15, -0.1) is 6.58 Å². The van der Waals surface area contributed by atoms with Crippen LogP contribution in [0.25, 0.3) is 0 Å². The van der Waals surface area contributed by atoms with Crippen molar-refractivity contribution in [3.63, 3.8) is 0 Å². The summed E-state index contributed by atoms with van der Waals surface area (Å²) >= 11 is 0. The van der Waals surface area contributed by atoms with Crippen LogP contribution in [-0.2, 0) is 0 Å². The maximum atomic E-state index is 9.55. The SMILES string of the molecule is C=CCC[C@H](O)[C@@H](O)C#Cc1ccccc1. The van der Waals surface area contributed by atoms with Crippen LogP contribution in [0.1, 0.15) is 18.4 Å². The standard InChI is InChI=1S/C14H16O2/c1-2-3-9-13(15)14(16)11-10-12-7-5-4-6-8-12/h2,4-8,13-16H,1,3,9H2/t13-,14-/m0/s1. The fourth-order valence-electron chi connectivity index (χ4n) is 1.22. The molecule has 1 aromatic carbocycles. The van der Waals surface area contributed by atoms with Gasteiger partial charge in [-0.2, -0.15) is 0 Å². The van der Waals surface area contributed by atoms with E-state index in [9.17, 15) is 10.2 Å². The number of benzene rings is 1. The third-order valence-electron chi connectivity index (χ3n) is 2.17. The molecule has 0 saturated carbocycles. The maximum Gasteiger partial charge on any atom is 0.140 e. The van der Waals surface area contributed by atoms with Crippen LogP contribution in [0.15, 0.2) is 43.0 Å². The minimum absolute atomic E-state index is 0.480. The van der Waals surface area contributed by atoms with Gasteiger partial charge in [-0.1, -0.05) is 36.1 Å². The summed E-state index contributed by atoms with van der Waals surface area (Å²) in [6.07, 6.45) is 1.05. The molecule has 2 atom stereocenters. The minimum atomic E-state index is -1.000. The Labute approximate surface area is 96.2 Å². The molecule has 0 aliphatic heterocycles. The first-order valence-corrected chi connectivity index (χ1v) is 5.27. The summed E-state index contributed by atoms with van der Waals surface area (Å²) in [5, 5.41) is 19.1. The number of aliphatic hydroxyl groups is 2. The number of rotatable bonds is 4. The summed E-state index contributed by atoms with van der Waals surface area (Å²) in [7, 11) is 0. The first-order chi connectivity index (χ1) is 7.74. The van der Waals surface area contributed by atoms with E-state index >= 15 is 0 Å². The van der Waals surface area contributed by atoms with Crippen LogP contribution >= 0.6 is 0 Å². The first-order valence-electron chi connectivity index (χ1n) is 5.27. The van der Waals surface area contributed by atoms with E-state index in [1.54, 1.807) is 6.08 Å². The second-order valence-electron chi connectivity index (χ2n) is 3.51. The lowest BCUT2D eigenvalue weighted by molar-refractivity contribution is 0.0494. The molecule has 0 aromatic heterocycles. The fourth-order valence-corrected chi connectivity index (χ4v) is 1.22. The van der Waals surface area contributed by atoms with E-state index in [0.717, 1.165) is 5.56 Å². The largest absolute Gasteiger partial charge is 0.389 e. The topological polar surface area (TPSA) is 40.5 Å². The second-order valence-corrected chi connectivity index (χ2v) is 3.51. The van der Waals surface area contributed by atoms with Crippen LogP contribution in [0.4, 0.5) is 0 Å². The Kier molecular flexibility index (Phi) is 5.35. The van der Waals surface area contributed by atoms with Gasteiger partial charge in [-0.3, -0.25) is 0 Å². The number of aliphatic hydroxyl groups excluding tert-OH is 2. The van der Waals surface area contributed by atoms with Crippen molar-refractivity contribution in [2.75, 3.05) is 0 Å². The molecule has 0 bridgehead atoms. The van der Waals surface area contributed by atoms with E-state index < -0.39 is 12.2 Å². The van der Waals surface area contributed by atoms with Crippen molar-refractivity contribution in [2.45, 2.75) is 25.0 Å². The molecule has 16 heavy (non-hydrogen) atoms. The summed E-state index contributed by atoms with van der Waals surface area (Å²) in [5.41, 5.74) is 0.831. The molecule has 84 valence electrons. The van der Waals surface area contributed by atoms with Gasteiger partial charge < -0.3 is 10.2 Å². The van der Waals surface area contributed by atoms with Crippen molar-refractivity contribution >= 4 is 0 Å². The van der Waals surface area contributed by atoms with Gasteiger partial charge in [0.15, 0.2) is 0 Å². The predicted octanol–water partition coefficient (Wildman–Crippen LogP) is 1.73. The molecule has 0 fully saturated rings. The van der Waals surface area contributed by atoms with Crippen molar-refractivity contribution in [3.8, 4) is 11.8 Å². The summed E-state index contributed by atoms with van der Waals surface area (Å²) in [6.45, 7) is 3.56. The van der Waals surface area contributed by atoms with E-state index in [1.165, 1.54) is 0 Å². The Morgan fingerprint density at radius 2 is 1.94 bits per heavy atom. The highest BCUT2D eigenvalue weighted by molar-refractivity contribution is 5.34. The van der Waals surface area contributed by atoms with Gasteiger partial charge in [0, 0.05) is 5.56 Å². The third-order valence-corrected chi connectivity index (χ3v) is 2.17. The van der Waals surface area contributed by atoms with Gasteiger partial charge in [-0.05, 0) is 25.0 Å². The van der Waals surface area contributed by atoms with Crippen molar-refractivity contribution in [3.05, 3.63) is 48.6 Å². The lowest BCUT2D eigenvalue weighted by Crippen LogP contribution is -2.23. The first kappa shape index (κ1) is 12.5. The van der Waals surface area contributed by atoms with E-state index in [2.05, 4.69) is 18.4 Å². The number of hydrogen-bond acceptors (Lipinski definition) is 2. The zero-order valence-corrected chi connectivity index (χ0v) is 9.13. The van der Waals surface area contributed by atoms with Crippen molar-refractivity contribution in [2.24, 2.45) is 0 Å². The van der Waals surface area contributed by atoms with Gasteiger partial charge in [0.05, 0.1) is 6.10 Å². The van der Waals surface area contributed by atoms with Gasteiger partial charge in [-0.25, -0.2) is 0 Å². The average molecular weight is 216 g/mol. The predicted molar refractivity (Wildman–Crippen MR) is 64.8 cm³/mol. The maximum absolute atomic E-state index is 9.55. The average Bonchev–Trinajstić information content (AvgIpc) is 2.34. The summed E-state index contributed by atoms with van der Waals surface area (Å²) in [5.74, 6) is 5.44. The van der Waals surface area contributed by atoms with Crippen LogP contribution in [0.3, 0.4) is 0 Å². The van der Waals surface area contributed by atoms with Crippen LogP contribution < -0.4 is 0 Å². The van der Waals surface area contributed by atoms with Crippen LogP contribution in [-0.4, -0.2) is 22.4 Å². The van der Waals surface area contributed by atoms with Crippen LogP contribution in [0.2, 0.25) is 0 Å². The molecule has 0 radical (unpaired) electrons. The molecule has 0 unspecified atom stereocenters. The molecule has 1 rings (SSSR count). The normalized spacial score (nSPS) is 13.4. The quantitative estimate of drug-likeness (QED) is 0.594. The molecular formula is C14H16O2. The second kappa shape index (κ2) is 6.84. The van der Waals surface area contributed by atoms with Gasteiger partial charge >= 0.3 is 0 Å². The number of allylic oxidation sites excluding steroid dienone is 1. The molecule has 2 nitrogen and oxygen atoms in total. The van der Waals surface area contributed by atoms with E-state index in [4.69, 9.17) is 0 Å². The Balaban J connectivity index is 2.53. The molecule has 0 saturated heterocycles. The fraction of sp³-hybridized carbons (Fsp3) is 0.286. The van der Waals surface area contributed by atoms with E-state index in [0.29, 0.717) is 12.8 Å². The zero-order chi connectivity index (χ0) is 11.8. The van der Waals surface area contributed by atoms with Gasteiger partial charge in [0.2, 0.25) is 0 Å². The Morgan fingerprint density at radius 1 is 1.25 bits per heavy atom. The molecule has 2 N–H and O–H groups in total. The van der Waals surface area contributed by atoms with E-state index in [-0.39, 0.29) is 0 Å². The Bertz CT molecular complexity index is 373.